The van der Waals surface area contributed by atoms with Gasteiger partial charge < -0.3 is 11.1 Å². The maximum atomic E-state index is 11.9. The summed E-state index contributed by atoms with van der Waals surface area (Å²) >= 11 is 0. The molecule has 1 amide bonds. The highest BCUT2D eigenvalue weighted by Crippen LogP contribution is 2.47. The average Bonchev–Trinajstić information content (AvgIpc) is 3.22. The van der Waals surface area contributed by atoms with Gasteiger partial charge in [0.15, 0.2) is 0 Å². The monoisotopic (exact) mass is 257 g/mol. The Morgan fingerprint density at radius 3 is 3.11 bits per heavy atom. The van der Waals surface area contributed by atoms with E-state index in [1.54, 1.807) is 6.20 Å². The number of carbonyl (C=O) groups is 1. The van der Waals surface area contributed by atoms with Gasteiger partial charge in [0.2, 0.25) is 5.91 Å². The summed E-state index contributed by atoms with van der Waals surface area (Å²) in [5.41, 5.74) is 8.27. The van der Waals surface area contributed by atoms with E-state index < -0.39 is 0 Å². The van der Waals surface area contributed by atoms with Gasteiger partial charge in [-0.3, -0.25) is 9.78 Å². The summed E-state index contributed by atoms with van der Waals surface area (Å²) in [5, 5.41) is 2.99. The third-order valence-electron chi connectivity index (χ3n) is 3.91. The third-order valence-corrected chi connectivity index (χ3v) is 3.91. The fourth-order valence-corrected chi connectivity index (χ4v) is 2.64. The van der Waals surface area contributed by atoms with Gasteiger partial charge in [0.1, 0.15) is 0 Å². The lowest BCUT2D eigenvalue weighted by Crippen LogP contribution is -2.26. The van der Waals surface area contributed by atoms with Crippen LogP contribution in [0.4, 0.5) is 0 Å². The van der Waals surface area contributed by atoms with Crippen molar-refractivity contribution >= 4 is 5.91 Å². The van der Waals surface area contributed by atoms with E-state index in [1.165, 1.54) is 5.56 Å². The van der Waals surface area contributed by atoms with Crippen molar-refractivity contribution < 1.29 is 4.79 Å². The van der Waals surface area contributed by atoms with Crippen molar-refractivity contribution in [3.05, 3.63) is 41.7 Å². The fraction of sp³-hybridized carbons (Fsp3) is 0.467. The van der Waals surface area contributed by atoms with Crippen LogP contribution in [0.15, 0.2) is 30.5 Å². The first kappa shape index (κ1) is 12.4. The molecule has 0 spiro atoms. The minimum absolute atomic E-state index is 0.0576. The van der Waals surface area contributed by atoms with Crippen molar-refractivity contribution in [1.82, 2.24) is 10.3 Å². The molecular weight excluding hydrogens is 238 g/mol. The second-order valence-electron chi connectivity index (χ2n) is 5.36. The number of carbonyl (C=O) groups excluding carboxylic acids is 1. The molecule has 0 saturated heterocycles. The molecule has 2 aliphatic rings. The van der Waals surface area contributed by atoms with Crippen molar-refractivity contribution in [3.63, 3.8) is 0 Å². The Hall–Kier alpha value is -1.68. The molecule has 2 bridgehead atoms. The van der Waals surface area contributed by atoms with Crippen LogP contribution in [-0.2, 0) is 4.79 Å². The van der Waals surface area contributed by atoms with Crippen LogP contribution in [0.25, 0.3) is 0 Å². The zero-order valence-electron chi connectivity index (χ0n) is 10.9. The van der Waals surface area contributed by atoms with Gasteiger partial charge in [-0.05, 0) is 42.9 Å². The summed E-state index contributed by atoms with van der Waals surface area (Å²) in [5.74, 6) is 0.666. The predicted octanol–water partition coefficient (Wildman–Crippen LogP) is 1.65. The number of nitrogens with zero attached hydrogens (tertiary/aromatic N) is 1. The Kier molecular flexibility index (Phi) is 3.34. The number of nitrogens with one attached hydrogen (secondary N) is 1. The molecule has 1 aliphatic carbocycles. The minimum atomic E-state index is -0.0576. The molecule has 2 heterocycles. The first-order chi connectivity index (χ1) is 9.25. The molecule has 3 rings (SSSR count). The Balaban J connectivity index is 1.86. The van der Waals surface area contributed by atoms with E-state index in [0.717, 1.165) is 25.0 Å². The number of hydrogen-bond donors (Lipinski definition) is 2. The second kappa shape index (κ2) is 5.13. The SMILES string of the molecule is N[C@H]1C/C=C\CCNC(=O)[C@@H]2C[C@@H]2c2ccnc1c2. The highest BCUT2D eigenvalue weighted by molar-refractivity contribution is 5.82. The quantitative estimate of drug-likeness (QED) is 0.694. The zero-order chi connectivity index (χ0) is 13.2. The standard InChI is InChI=1S/C15H19N3O/c16-13-4-2-1-3-6-18-15(19)12-9-11(12)10-5-7-17-14(13)8-10/h1-2,5,7-8,11-13H,3-4,6,9,16H2,(H,18,19)/b2-1-/t11-,12-,13+/m1/s1. The molecular formula is C15H19N3O. The number of hydrogen-bond acceptors (Lipinski definition) is 3. The lowest BCUT2D eigenvalue weighted by Gasteiger charge is -2.10. The van der Waals surface area contributed by atoms with Crippen molar-refractivity contribution in [2.24, 2.45) is 11.7 Å². The first-order valence-electron chi connectivity index (χ1n) is 6.90. The highest BCUT2D eigenvalue weighted by atomic mass is 16.2. The lowest BCUT2D eigenvalue weighted by atomic mass is 10.0. The number of aromatic nitrogens is 1. The molecule has 4 heteroatoms. The molecule has 1 aromatic rings. The smallest absolute Gasteiger partial charge is 0.223 e. The second-order valence-corrected chi connectivity index (χ2v) is 5.36. The van der Waals surface area contributed by atoms with Crippen LogP contribution >= 0.6 is 0 Å². The Morgan fingerprint density at radius 2 is 2.21 bits per heavy atom. The Labute approximate surface area is 113 Å². The summed E-state index contributed by atoms with van der Waals surface area (Å²) in [7, 11) is 0. The molecule has 1 saturated carbocycles. The number of fused-ring (bicyclic) bond motifs is 4. The van der Waals surface area contributed by atoms with Gasteiger partial charge >= 0.3 is 0 Å². The summed E-state index contributed by atoms with van der Waals surface area (Å²) in [6.07, 6.45) is 8.55. The normalized spacial score (nSPS) is 32.1. The van der Waals surface area contributed by atoms with Crippen LogP contribution in [0.1, 0.15) is 42.5 Å². The summed E-state index contributed by atoms with van der Waals surface area (Å²) in [4.78, 5) is 16.3. The molecule has 100 valence electrons. The van der Waals surface area contributed by atoms with Gasteiger partial charge in [0.25, 0.3) is 0 Å². The molecule has 1 aliphatic heterocycles. The van der Waals surface area contributed by atoms with Gasteiger partial charge in [-0.25, -0.2) is 0 Å². The molecule has 3 atom stereocenters. The van der Waals surface area contributed by atoms with E-state index in [9.17, 15) is 4.79 Å². The van der Waals surface area contributed by atoms with Crippen LogP contribution in [0, 0.1) is 5.92 Å². The molecule has 0 aromatic carbocycles. The average molecular weight is 257 g/mol. The number of rotatable bonds is 0. The van der Waals surface area contributed by atoms with Crippen molar-refractivity contribution in [2.45, 2.75) is 31.2 Å². The molecule has 4 nitrogen and oxygen atoms in total. The number of nitrogens with two attached hydrogens (primary N) is 1. The maximum Gasteiger partial charge on any atom is 0.223 e. The van der Waals surface area contributed by atoms with Gasteiger partial charge in [-0.1, -0.05) is 12.2 Å². The minimum Gasteiger partial charge on any atom is -0.356 e. The zero-order valence-corrected chi connectivity index (χ0v) is 10.9. The van der Waals surface area contributed by atoms with E-state index in [0.29, 0.717) is 12.5 Å². The largest absolute Gasteiger partial charge is 0.356 e. The maximum absolute atomic E-state index is 11.9. The highest BCUT2D eigenvalue weighted by Gasteiger charge is 2.43. The van der Waals surface area contributed by atoms with Crippen LogP contribution < -0.4 is 11.1 Å². The van der Waals surface area contributed by atoms with Crippen molar-refractivity contribution in [1.29, 1.82) is 0 Å². The van der Waals surface area contributed by atoms with Crippen LogP contribution in [0.5, 0.6) is 0 Å². The van der Waals surface area contributed by atoms with E-state index in [4.69, 9.17) is 5.73 Å². The molecule has 3 N–H and O–H groups in total. The van der Waals surface area contributed by atoms with Gasteiger partial charge in [0, 0.05) is 18.7 Å². The molecule has 1 fully saturated rings. The summed E-state index contributed by atoms with van der Waals surface area (Å²) < 4.78 is 0. The Morgan fingerprint density at radius 1 is 1.32 bits per heavy atom. The van der Waals surface area contributed by atoms with Crippen molar-refractivity contribution in [3.8, 4) is 0 Å². The topological polar surface area (TPSA) is 68.0 Å². The van der Waals surface area contributed by atoms with Gasteiger partial charge in [-0.15, -0.1) is 0 Å². The van der Waals surface area contributed by atoms with E-state index >= 15 is 0 Å². The van der Waals surface area contributed by atoms with E-state index in [1.807, 2.05) is 6.07 Å². The van der Waals surface area contributed by atoms with Crippen LogP contribution in [-0.4, -0.2) is 17.4 Å². The molecule has 1 aromatic heterocycles. The van der Waals surface area contributed by atoms with Crippen LogP contribution in [0.2, 0.25) is 0 Å². The fourth-order valence-electron chi connectivity index (χ4n) is 2.64. The molecule has 0 radical (unpaired) electrons. The summed E-state index contributed by atoms with van der Waals surface area (Å²) in [6, 6.07) is 4.01. The predicted molar refractivity (Wildman–Crippen MR) is 73.4 cm³/mol. The number of pyridine rings is 1. The third kappa shape index (κ3) is 2.68. The van der Waals surface area contributed by atoms with Gasteiger partial charge in [0.05, 0.1) is 11.7 Å². The number of amides is 1. The molecule has 0 unspecified atom stereocenters. The first-order valence-corrected chi connectivity index (χ1v) is 6.90. The summed E-state index contributed by atoms with van der Waals surface area (Å²) in [6.45, 7) is 0.712. The molecule has 19 heavy (non-hydrogen) atoms. The van der Waals surface area contributed by atoms with Crippen LogP contribution in [0.3, 0.4) is 0 Å². The van der Waals surface area contributed by atoms with Gasteiger partial charge in [-0.2, -0.15) is 0 Å². The Bertz CT molecular complexity index is 512. The van der Waals surface area contributed by atoms with E-state index in [2.05, 4.69) is 28.5 Å². The lowest BCUT2D eigenvalue weighted by molar-refractivity contribution is -0.122. The van der Waals surface area contributed by atoms with Crippen molar-refractivity contribution in [2.75, 3.05) is 6.54 Å². The van der Waals surface area contributed by atoms with E-state index in [-0.39, 0.29) is 17.9 Å².